The minimum atomic E-state index is 1.08. The lowest BCUT2D eigenvalue weighted by Gasteiger charge is -1.88. The molecule has 0 spiro atoms. The number of para-hydroxylation sites is 1. The zero-order chi connectivity index (χ0) is 13.1. The molecule has 0 amide bonds. The number of nitrogens with zero attached hydrogens (tertiary/aromatic N) is 1. The van der Waals surface area contributed by atoms with E-state index in [-0.39, 0.29) is 0 Å². The standard InChI is InChI=1S/C14H11N.C2H6Si/c1-3-5-13-10(2)12-7-4-6-11-8-9-15(13)14(11)12;1-3-2/h3-9H,1-2H2;1-2H3/b13-5+;. The molecule has 90 valence electrons. The number of hydrogen-bond donors (Lipinski definition) is 0. The predicted octanol–water partition coefficient (Wildman–Crippen LogP) is 2.69. The van der Waals surface area contributed by atoms with Gasteiger partial charge in [-0.15, -0.1) is 0 Å². The van der Waals surface area contributed by atoms with E-state index >= 15 is 0 Å². The average molecular weight is 251 g/mol. The van der Waals surface area contributed by atoms with Gasteiger partial charge < -0.3 is 4.40 Å². The van der Waals surface area contributed by atoms with Crippen molar-refractivity contribution in [3.8, 4) is 0 Å². The second kappa shape index (κ2) is 5.23. The van der Waals surface area contributed by atoms with Crippen LogP contribution in [0.3, 0.4) is 0 Å². The molecule has 0 unspecified atom stereocenters. The zero-order valence-electron chi connectivity index (χ0n) is 10.9. The Hall–Kier alpha value is -1.80. The zero-order valence-corrected chi connectivity index (χ0v) is 11.9. The summed E-state index contributed by atoms with van der Waals surface area (Å²) in [6.07, 6.45) is 5.89. The Morgan fingerprint density at radius 3 is 2.61 bits per heavy atom. The van der Waals surface area contributed by atoms with Gasteiger partial charge in [-0.3, -0.25) is 0 Å². The molecule has 0 N–H and O–H groups in total. The van der Waals surface area contributed by atoms with Crippen molar-refractivity contribution in [1.29, 1.82) is 0 Å². The maximum atomic E-state index is 4.13. The molecule has 2 aromatic heterocycles. The molecule has 0 bridgehead atoms. The lowest BCUT2D eigenvalue weighted by atomic mass is 10.2. The first-order chi connectivity index (χ1) is 8.74. The molecule has 0 aliphatic carbocycles. The van der Waals surface area contributed by atoms with E-state index in [1.165, 1.54) is 16.3 Å². The van der Waals surface area contributed by atoms with E-state index in [0.717, 1.165) is 20.1 Å². The first-order valence-electron chi connectivity index (χ1n) is 5.96. The van der Waals surface area contributed by atoms with Gasteiger partial charge in [-0.2, -0.15) is 0 Å². The van der Waals surface area contributed by atoms with Crippen LogP contribution in [0.1, 0.15) is 0 Å². The molecule has 0 saturated heterocycles. The molecule has 2 radical (unpaired) electrons. The number of rotatable bonds is 1. The van der Waals surface area contributed by atoms with Crippen LogP contribution in [0.2, 0.25) is 13.1 Å². The van der Waals surface area contributed by atoms with Crippen LogP contribution in [0.25, 0.3) is 28.9 Å². The van der Waals surface area contributed by atoms with Crippen molar-refractivity contribution in [2.45, 2.75) is 13.1 Å². The molecule has 0 fully saturated rings. The van der Waals surface area contributed by atoms with Gasteiger partial charge >= 0.3 is 0 Å². The molecule has 0 atom stereocenters. The van der Waals surface area contributed by atoms with Crippen LogP contribution in [0.4, 0.5) is 0 Å². The van der Waals surface area contributed by atoms with Crippen LogP contribution in [0.15, 0.2) is 43.1 Å². The summed E-state index contributed by atoms with van der Waals surface area (Å²) in [6.45, 7) is 12.2. The van der Waals surface area contributed by atoms with Gasteiger partial charge in [0.1, 0.15) is 0 Å². The number of aromatic nitrogens is 1. The second-order valence-electron chi connectivity index (χ2n) is 4.20. The van der Waals surface area contributed by atoms with E-state index < -0.39 is 0 Å². The molecule has 0 saturated carbocycles. The number of hydrogen-bond acceptors (Lipinski definition) is 0. The Labute approximate surface area is 110 Å². The molecule has 0 aliphatic heterocycles. The normalized spacial score (nSPS) is 11.8. The highest BCUT2D eigenvalue weighted by Crippen LogP contribution is 2.17. The van der Waals surface area contributed by atoms with Crippen molar-refractivity contribution >= 4 is 38.5 Å². The molecule has 2 heteroatoms. The van der Waals surface area contributed by atoms with Crippen LogP contribution in [0.5, 0.6) is 0 Å². The van der Waals surface area contributed by atoms with E-state index in [1.54, 1.807) is 6.08 Å². The van der Waals surface area contributed by atoms with Gasteiger partial charge in [0.05, 0.1) is 10.9 Å². The maximum absolute atomic E-state index is 4.13. The Bertz CT molecular complexity index is 767. The summed E-state index contributed by atoms with van der Waals surface area (Å²) >= 11 is 0. The van der Waals surface area contributed by atoms with Crippen molar-refractivity contribution in [1.82, 2.24) is 4.40 Å². The van der Waals surface area contributed by atoms with Gasteiger partial charge in [0.25, 0.3) is 0 Å². The molecule has 3 aromatic rings. The molecule has 18 heavy (non-hydrogen) atoms. The van der Waals surface area contributed by atoms with Crippen LogP contribution < -0.4 is 10.6 Å². The van der Waals surface area contributed by atoms with E-state index in [0.29, 0.717) is 0 Å². The highest BCUT2D eigenvalue weighted by Gasteiger charge is 2.06. The smallest absolute Gasteiger partial charge is 0.0607 e. The van der Waals surface area contributed by atoms with Gasteiger partial charge in [-0.25, -0.2) is 0 Å². The molecular weight excluding hydrogens is 234 g/mol. The van der Waals surface area contributed by atoms with Gasteiger partial charge in [-0.05, 0) is 12.1 Å². The summed E-state index contributed by atoms with van der Waals surface area (Å²) in [7, 11) is 1.08. The number of allylic oxidation sites excluding steroid dienone is 1. The van der Waals surface area contributed by atoms with Crippen molar-refractivity contribution in [3.63, 3.8) is 0 Å². The Kier molecular flexibility index (Phi) is 3.68. The van der Waals surface area contributed by atoms with Gasteiger partial charge in [-0.1, -0.05) is 50.5 Å². The largest absolute Gasteiger partial charge is 0.315 e. The predicted molar refractivity (Wildman–Crippen MR) is 83.0 cm³/mol. The summed E-state index contributed by atoms with van der Waals surface area (Å²) in [4.78, 5) is 0. The summed E-state index contributed by atoms with van der Waals surface area (Å²) in [6, 6.07) is 8.44. The number of benzene rings is 1. The summed E-state index contributed by atoms with van der Waals surface area (Å²) in [5.41, 5.74) is 1.26. The SMILES string of the molecule is C=C/C=c1\c(=C)c2cccc3ccn1c32.C[Si]C. The Morgan fingerprint density at radius 2 is 1.94 bits per heavy atom. The maximum Gasteiger partial charge on any atom is 0.0607 e. The third kappa shape index (κ3) is 1.89. The van der Waals surface area contributed by atoms with Crippen LogP contribution in [0, 0.1) is 0 Å². The minimum Gasteiger partial charge on any atom is -0.315 e. The summed E-state index contributed by atoms with van der Waals surface area (Å²) in [5.74, 6) is 0. The first-order valence-corrected chi connectivity index (χ1v) is 7.96. The highest BCUT2D eigenvalue weighted by atomic mass is 28.2. The van der Waals surface area contributed by atoms with E-state index in [9.17, 15) is 0 Å². The summed E-state index contributed by atoms with van der Waals surface area (Å²) < 4.78 is 2.18. The molecular formula is C16H17NSi. The third-order valence-electron chi connectivity index (χ3n) is 2.88. The third-order valence-corrected chi connectivity index (χ3v) is 2.88. The summed E-state index contributed by atoms with van der Waals surface area (Å²) in [5, 5.41) is 4.70. The van der Waals surface area contributed by atoms with E-state index in [1.807, 2.05) is 6.08 Å². The topological polar surface area (TPSA) is 4.41 Å². The van der Waals surface area contributed by atoms with Crippen LogP contribution >= 0.6 is 0 Å². The molecule has 2 heterocycles. The lowest BCUT2D eigenvalue weighted by Crippen LogP contribution is -2.23. The first kappa shape index (κ1) is 12.6. The van der Waals surface area contributed by atoms with Crippen molar-refractivity contribution in [2.75, 3.05) is 0 Å². The van der Waals surface area contributed by atoms with Crippen molar-refractivity contribution < 1.29 is 0 Å². The van der Waals surface area contributed by atoms with Crippen LogP contribution in [-0.4, -0.2) is 13.9 Å². The lowest BCUT2D eigenvalue weighted by molar-refractivity contribution is 1.17. The van der Waals surface area contributed by atoms with Crippen LogP contribution in [-0.2, 0) is 0 Å². The molecule has 0 aliphatic rings. The quantitative estimate of drug-likeness (QED) is 0.586. The second-order valence-corrected chi connectivity index (χ2v) is 5.20. The highest BCUT2D eigenvalue weighted by molar-refractivity contribution is 6.31. The molecule has 1 aromatic carbocycles. The fraction of sp³-hybridized carbons (Fsp3) is 0.125. The fourth-order valence-electron chi connectivity index (χ4n) is 2.21. The van der Waals surface area contributed by atoms with Gasteiger partial charge in [0.2, 0.25) is 0 Å². The minimum absolute atomic E-state index is 1.08. The van der Waals surface area contributed by atoms with Crippen molar-refractivity contribution in [2.24, 2.45) is 0 Å². The molecule has 1 nitrogen and oxygen atoms in total. The van der Waals surface area contributed by atoms with E-state index in [4.69, 9.17) is 0 Å². The average Bonchev–Trinajstić information content (AvgIpc) is 2.90. The Morgan fingerprint density at radius 1 is 1.22 bits per heavy atom. The van der Waals surface area contributed by atoms with E-state index in [2.05, 4.69) is 61.1 Å². The molecule has 3 rings (SSSR count). The van der Waals surface area contributed by atoms with Gasteiger partial charge in [0.15, 0.2) is 0 Å². The fourth-order valence-corrected chi connectivity index (χ4v) is 2.21. The Balaban J connectivity index is 0.000000367. The van der Waals surface area contributed by atoms with Crippen molar-refractivity contribution in [3.05, 3.63) is 53.7 Å². The monoisotopic (exact) mass is 251 g/mol. The van der Waals surface area contributed by atoms with Gasteiger partial charge in [0, 0.05) is 31.7 Å².